The van der Waals surface area contributed by atoms with Crippen molar-refractivity contribution in [3.63, 3.8) is 0 Å². The summed E-state index contributed by atoms with van der Waals surface area (Å²) in [5, 5.41) is 22.2. The van der Waals surface area contributed by atoms with Crippen LogP contribution in [-0.2, 0) is 6.54 Å². The molecule has 7 nitrogen and oxygen atoms in total. The number of carboxylic acid groups (broad SMARTS) is 2. The Hall–Kier alpha value is -2.44. The number of aromatic carboxylic acids is 2. The molecule has 0 fully saturated rings. The van der Waals surface area contributed by atoms with Gasteiger partial charge in [0.15, 0.2) is 5.65 Å². The predicted octanol–water partition coefficient (Wildman–Crippen LogP) is 0.848. The van der Waals surface area contributed by atoms with Crippen LogP contribution >= 0.6 is 0 Å². The van der Waals surface area contributed by atoms with Gasteiger partial charge in [-0.1, -0.05) is 0 Å². The summed E-state index contributed by atoms with van der Waals surface area (Å²) in [4.78, 5) is 26.0. The van der Waals surface area contributed by atoms with Gasteiger partial charge in [0.05, 0.1) is 22.7 Å². The second-order valence-electron chi connectivity index (χ2n) is 3.35. The Bertz CT molecular complexity index is 617. The predicted molar refractivity (Wildman–Crippen MR) is 57.1 cm³/mol. The Kier molecular flexibility index (Phi) is 2.51. The van der Waals surface area contributed by atoms with E-state index in [-0.39, 0.29) is 16.5 Å². The number of aromatic nitrogens is 3. The number of carboxylic acids is 2. The fourth-order valence-electron chi connectivity index (χ4n) is 1.65. The third-order valence-corrected chi connectivity index (χ3v) is 2.41. The van der Waals surface area contributed by atoms with Crippen LogP contribution in [0.4, 0.5) is 0 Å². The van der Waals surface area contributed by atoms with Crippen molar-refractivity contribution in [3.8, 4) is 0 Å². The molecule has 2 N–H and O–H groups in total. The number of aryl methyl sites for hydroxylation is 1. The van der Waals surface area contributed by atoms with Gasteiger partial charge in [0, 0.05) is 12.7 Å². The molecule has 0 aliphatic rings. The third-order valence-electron chi connectivity index (χ3n) is 2.41. The topological polar surface area (TPSA) is 105 Å². The van der Waals surface area contributed by atoms with Gasteiger partial charge >= 0.3 is 11.9 Å². The standard InChI is InChI=1S/C10H9N3O4/c1-2-13-8-5(4-12-13)7(10(16)17)6(3-11-8)9(14)15/h3-4H,2H2,1H3,(H,14,15)(H,16,17). The van der Waals surface area contributed by atoms with E-state index in [1.54, 1.807) is 0 Å². The minimum absolute atomic E-state index is 0.235. The van der Waals surface area contributed by atoms with Gasteiger partial charge in [0.1, 0.15) is 0 Å². The van der Waals surface area contributed by atoms with Crippen LogP contribution in [-0.4, -0.2) is 36.9 Å². The van der Waals surface area contributed by atoms with Gasteiger partial charge < -0.3 is 10.2 Å². The highest BCUT2D eigenvalue weighted by atomic mass is 16.4. The lowest BCUT2D eigenvalue weighted by Gasteiger charge is -2.03. The quantitative estimate of drug-likeness (QED) is 0.816. The van der Waals surface area contributed by atoms with Crippen LogP contribution < -0.4 is 0 Å². The Labute approximate surface area is 95.3 Å². The fourth-order valence-corrected chi connectivity index (χ4v) is 1.65. The number of carbonyl (C=O) groups is 2. The van der Waals surface area contributed by atoms with Crippen LogP contribution in [0.25, 0.3) is 11.0 Å². The zero-order chi connectivity index (χ0) is 12.6. The number of hydrogen-bond donors (Lipinski definition) is 2. The largest absolute Gasteiger partial charge is 0.478 e. The number of fused-ring (bicyclic) bond motifs is 1. The maximum Gasteiger partial charge on any atom is 0.338 e. The average molecular weight is 235 g/mol. The molecule has 0 aliphatic carbocycles. The summed E-state index contributed by atoms with van der Waals surface area (Å²) in [5.74, 6) is -2.62. The molecule has 2 aromatic heterocycles. The summed E-state index contributed by atoms with van der Waals surface area (Å²) in [6, 6.07) is 0. The molecule has 2 heterocycles. The van der Waals surface area contributed by atoms with Crippen molar-refractivity contribution < 1.29 is 19.8 Å². The normalized spacial score (nSPS) is 10.6. The van der Waals surface area contributed by atoms with Crippen molar-refractivity contribution in [2.45, 2.75) is 13.5 Å². The molecule has 0 aromatic carbocycles. The van der Waals surface area contributed by atoms with Crippen molar-refractivity contribution in [1.82, 2.24) is 14.8 Å². The van der Waals surface area contributed by atoms with Crippen molar-refractivity contribution in [2.75, 3.05) is 0 Å². The van der Waals surface area contributed by atoms with Crippen LogP contribution in [0, 0.1) is 0 Å². The number of nitrogens with zero attached hydrogens (tertiary/aromatic N) is 3. The van der Waals surface area contributed by atoms with Crippen LogP contribution in [0.2, 0.25) is 0 Å². The molecular weight excluding hydrogens is 226 g/mol. The lowest BCUT2D eigenvalue weighted by molar-refractivity contribution is 0.0653. The second-order valence-corrected chi connectivity index (χ2v) is 3.35. The van der Waals surface area contributed by atoms with Crippen LogP contribution in [0.15, 0.2) is 12.4 Å². The summed E-state index contributed by atoms with van der Waals surface area (Å²) < 4.78 is 1.51. The molecule has 0 spiro atoms. The molecule has 0 radical (unpaired) electrons. The van der Waals surface area contributed by atoms with E-state index in [1.165, 1.54) is 10.9 Å². The molecule has 0 saturated heterocycles. The first-order valence-corrected chi connectivity index (χ1v) is 4.87. The van der Waals surface area contributed by atoms with Crippen molar-refractivity contribution in [2.24, 2.45) is 0 Å². The number of rotatable bonds is 3. The summed E-state index contributed by atoms with van der Waals surface area (Å²) >= 11 is 0. The maximum absolute atomic E-state index is 11.1. The molecular formula is C10H9N3O4. The van der Waals surface area contributed by atoms with Crippen LogP contribution in [0.3, 0.4) is 0 Å². The number of pyridine rings is 1. The molecule has 88 valence electrons. The molecule has 0 aliphatic heterocycles. The highest BCUT2D eigenvalue weighted by Gasteiger charge is 2.22. The van der Waals surface area contributed by atoms with E-state index in [0.29, 0.717) is 12.2 Å². The first-order valence-electron chi connectivity index (χ1n) is 4.87. The summed E-state index contributed by atoms with van der Waals surface area (Å²) in [7, 11) is 0. The summed E-state index contributed by atoms with van der Waals surface area (Å²) in [6.07, 6.45) is 2.36. The Morgan fingerprint density at radius 2 is 2.00 bits per heavy atom. The maximum atomic E-state index is 11.1. The minimum atomic E-state index is -1.32. The monoisotopic (exact) mass is 235 g/mol. The Morgan fingerprint density at radius 1 is 1.29 bits per heavy atom. The molecule has 2 rings (SSSR count). The van der Waals surface area contributed by atoms with E-state index in [4.69, 9.17) is 10.2 Å². The molecule has 0 bridgehead atoms. The lowest BCUT2D eigenvalue weighted by Crippen LogP contribution is -2.10. The van der Waals surface area contributed by atoms with E-state index >= 15 is 0 Å². The van der Waals surface area contributed by atoms with E-state index in [0.717, 1.165) is 6.20 Å². The van der Waals surface area contributed by atoms with E-state index in [2.05, 4.69) is 10.1 Å². The first-order chi connectivity index (χ1) is 8.06. The summed E-state index contributed by atoms with van der Waals surface area (Å²) in [5.41, 5.74) is -0.238. The van der Waals surface area contributed by atoms with Crippen molar-refractivity contribution >= 4 is 23.0 Å². The SMILES string of the molecule is CCn1ncc2c(C(=O)O)c(C(=O)O)cnc21. The minimum Gasteiger partial charge on any atom is -0.478 e. The van der Waals surface area contributed by atoms with Gasteiger partial charge in [-0.15, -0.1) is 0 Å². The zero-order valence-electron chi connectivity index (χ0n) is 8.91. The Balaban J connectivity index is 2.85. The average Bonchev–Trinajstić information content (AvgIpc) is 2.69. The molecule has 7 heteroatoms. The van der Waals surface area contributed by atoms with E-state index in [1.807, 2.05) is 6.92 Å². The Morgan fingerprint density at radius 3 is 2.53 bits per heavy atom. The van der Waals surface area contributed by atoms with Crippen LogP contribution in [0.1, 0.15) is 27.6 Å². The fraction of sp³-hybridized carbons (Fsp3) is 0.200. The van der Waals surface area contributed by atoms with Crippen LogP contribution in [0.5, 0.6) is 0 Å². The molecule has 0 amide bonds. The molecule has 0 saturated carbocycles. The van der Waals surface area contributed by atoms with E-state index < -0.39 is 11.9 Å². The summed E-state index contributed by atoms with van der Waals surface area (Å²) in [6.45, 7) is 2.36. The zero-order valence-corrected chi connectivity index (χ0v) is 8.91. The highest BCUT2D eigenvalue weighted by molar-refractivity contribution is 6.10. The van der Waals surface area contributed by atoms with Gasteiger partial charge in [-0.25, -0.2) is 19.3 Å². The molecule has 2 aromatic rings. The van der Waals surface area contributed by atoms with Gasteiger partial charge in [-0.05, 0) is 6.92 Å². The smallest absolute Gasteiger partial charge is 0.338 e. The van der Waals surface area contributed by atoms with Crippen molar-refractivity contribution in [3.05, 3.63) is 23.5 Å². The first kappa shape index (κ1) is 11.1. The number of hydrogen-bond acceptors (Lipinski definition) is 4. The molecule has 0 unspecified atom stereocenters. The molecule has 17 heavy (non-hydrogen) atoms. The highest BCUT2D eigenvalue weighted by Crippen LogP contribution is 2.20. The van der Waals surface area contributed by atoms with Gasteiger partial charge in [-0.3, -0.25) is 0 Å². The van der Waals surface area contributed by atoms with E-state index in [9.17, 15) is 9.59 Å². The van der Waals surface area contributed by atoms with Gasteiger partial charge in [0.2, 0.25) is 0 Å². The molecule has 0 atom stereocenters. The third kappa shape index (κ3) is 1.61. The second kappa shape index (κ2) is 3.85. The van der Waals surface area contributed by atoms with Gasteiger partial charge in [-0.2, -0.15) is 5.10 Å². The van der Waals surface area contributed by atoms with Gasteiger partial charge in [0.25, 0.3) is 0 Å². The van der Waals surface area contributed by atoms with Crippen molar-refractivity contribution in [1.29, 1.82) is 0 Å². The lowest BCUT2D eigenvalue weighted by atomic mass is 10.1.